The quantitative estimate of drug-likeness (QED) is 0.780. The first-order valence-corrected chi connectivity index (χ1v) is 7.19. The van der Waals surface area contributed by atoms with Gasteiger partial charge in [-0.3, -0.25) is 9.48 Å². The zero-order chi connectivity index (χ0) is 17.3. The molecule has 0 fully saturated rings. The third kappa shape index (κ3) is 3.67. The predicted octanol–water partition coefficient (Wildman–Crippen LogP) is 2.52. The smallest absolute Gasteiger partial charge is 0.349 e. The molecule has 0 aliphatic rings. The van der Waals surface area contributed by atoms with Crippen molar-refractivity contribution in [1.82, 2.24) is 24.5 Å². The first kappa shape index (κ1) is 16.3. The van der Waals surface area contributed by atoms with Crippen molar-refractivity contribution >= 4 is 23.2 Å². The number of rotatable bonds is 4. The summed E-state index contributed by atoms with van der Waals surface area (Å²) >= 11 is 5.87. The Hall–Kier alpha value is -2.55. The molecule has 0 saturated heterocycles. The van der Waals surface area contributed by atoms with Gasteiger partial charge in [0.15, 0.2) is 5.69 Å². The van der Waals surface area contributed by atoms with Gasteiger partial charge in [0.25, 0.3) is 0 Å². The third-order valence-corrected chi connectivity index (χ3v) is 3.39. The fourth-order valence-corrected chi connectivity index (χ4v) is 2.26. The molecule has 0 bridgehead atoms. The van der Waals surface area contributed by atoms with Gasteiger partial charge in [0.1, 0.15) is 12.2 Å². The summed E-state index contributed by atoms with van der Waals surface area (Å²) in [6.45, 7) is -0.166. The fraction of sp³-hybridized carbons (Fsp3) is 0.214. The molecule has 1 amide bonds. The highest BCUT2D eigenvalue weighted by Crippen LogP contribution is 2.27. The van der Waals surface area contributed by atoms with Crippen LogP contribution in [0.5, 0.6) is 0 Å². The normalized spacial score (nSPS) is 11.8. The van der Waals surface area contributed by atoms with Gasteiger partial charge in [-0.05, 0) is 18.2 Å². The number of carbonyl (C=O) groups excluding carboxylic acids is 1. The second-order valence-corrected chi connectivity index (χ2v) is 5.45. The molecule has 10 heteroatoms. The van der Waals surface area contributed by atoms with Crippen molar-refractivity contribution in [2.45, 2.75) is 19.3 Å². The number of pyridine rings is 1. The van der Waals surface area contributed by atoms with E-state index in [1.165, 1.54) is 0 Å². The fourth-order valence-electron chi connectivity index (χ4n) is 2.10. The second kappa shape index (κ2) is 6.16. The predicted molar refractivity (Wildman–Crippen MR) is 79.3 cm³/mol. The number of imidazole rings is 1. The number of hydrogen-bond donors (Lipinski definition) is 1. The largest absolute Gasteiger partial charge is 0.435 e. The molecule has 0 unspecified atom stereocenters. The molecule has 3 rings (SSSR count). The highest BCUT2D eigenvalue weighted by Gasteiger charge is 2.33. The molecule has 24 heavy (non-hydrogen) atoms. The van der Waals surface area contributed by atoms with Crippen LogP contribution in [0.3, 0.4) is 0 Å². The van der Waals surface area contributed by atoms with E-state index in [1.807, 2.05) is 0 Å². The molecule has 0 saturated carbocycles. The van der Waals surface area contributed by atoms with Crippen LogP contribution in [-0.2, 0) is 24.1 Å². The van der Waals surface area contributed by atoms with Gasteiger partial charge in [-0.15, -0.1) is 0 Å². The Morgan fingerprint density at radius 3 is 2.75 bits per heavy atom. The second-order valence-electron chi connectivity index (χ2n) is 5.02. The third-order valence-electron chi connectivity index (χ3n) is 3.17. The van der Waals surface area contributed by atoms with Crippen LogP contribution in [0.25, 0.3) is 5.65 Å². The van der Waals surface area contributed by atoms with Crippen LogP contribution >= 0.6 is 11.6 Å². The first-order valence-electron chi connectivity index (χ1n) is 6.82. The van der Waals surface area contributed by atoms with Crippen molar-refractivity contribution in [2.75, 3.05) is 0 Å². The number of aromatic nitrogens is 4. The highest BCUT2D eigenvalue weighted by molar-refractivity contribution is 6.30. The molecule has 3 heterocycles. The number of carbonyl (C=O) groups is 1. The summed E-state index contributed by atoms with van der Waals surface area (Å²) in [6, 6.07) is 4.25. The summed E-state index contributed by atoms with van der Waals surface area (Å²) < 4.78 is 40.0. The van der Waals surface area contributed by atoms with Crippen molar-refractivity contribution < 1.29 is 18.0 Å². The Morgan fingerprint density at radius 1 is 1.25 bits per heavy atom. The maximum atomic E-state index is 12.4. The van der Waals surface area contributed by atoms with E-state index in [4.69, 9.17) is 11.6 Å². The van der Waals surface area contributed by atoms with Gasteiger partial charge in [-0.25, -0.2) is 4.98 Å². The van der Waals surface area contributed by atoms with Crippen LogP contribution in [-0.4, -0.2) is 25.1 Å². The van der Waals surface area contributed by atoms with Gasteiger partial charge in [-0.1, -0.05) is 11.6 Å². The number of nitrogens with zero attached hydrogens (tertiary/aromatic N) is 4. The number of fused-ring (bicyclic) bond motifs is 1. The van der Waals surface area contributed by atoms with Crippen molar-refractivity contribution in [3.05, 3.63) is 53.2 Å². The van der Waals surface area contributed by atoms with Crippen molar-refractivity contribution in [3.8, 4) is 0 Å². The molecule has 0 aliphatic carbocycles. The molecule has 1 N–H and O–H groups in total. The molecule has 3 aromatic rings. The lowest BCUT2D eigenvalue weighted by molar-refractivity contribution is -0.141. The van der Waals surface area contributed by atoms with Crippen LogP contribution < -0.4 is 5.32 Å². The Bertz CT molecular complexity index is 886. The Kier molecular flexibility index (Phi) is 4.18. The van der Waals surface area contributed by atoms with Crippen molar-refractivity contribution in [3.63, 3.8) is 0 Å². The first-order chi connectivity index (χ1) is 11.3. The van der Waals surface area contributed by atoms with Gasteiger partial charge >= 0.3 is 6.18 Å². The van der Waals surface area contributed by atoms with E-state index in [0.29, 0.717) is 16.4 Å². The molecular weight excluding hydrogens is 347 g/mol. The zero-order valence-electron chi connectivity index (χ0n) is 12.1. The van der Waals surface area contributed by atoms with Crippen LogP contribution in [0, 0.1) is 0 Å². The minimum absolute atomic E-state index is 0.144. The van der Waals surface area contributed by atoms with E-state index >= 15 is 0 Å². The monoisotopic (exact) mass is 357 g/mol. The molecule has 0 atom stereocenters. The number of halogens is 4. The van der Waals surface area contributed by atoms with E-state index in [2.05, 4.69) is 15.4 Å². The average molecular weight is 358 g/mol. The summed E-state index contributed by atoms with van der Waals surface area (Å²) in [5.41, 5.74) is 0.236. The van der Waals surface area contributed by atoms with E-state index in [-0.39, 0.29) is 13.1 Å². The number of nitrogens with one attached hydrogen (secondary N) is 1. The molecular formula is C14H11ClF3N5O. The summed E-state index contributed by atoms with van der Waals surface area (Å²) in [6.07, 6.45) is -0.0381. The van der Waals surface area contributed by atoms with E-state index in [9.17, 15) is 18.0 Å². The molecule has 126 valence electrons. The lowest BCUT2D eigenvalue weighted by Crippen LogP contribution is -2.27. The van der Waals surface area contributed by atoms with Gasteiger partial charge in [0.2, 0.25) is 5.91 Å². The van der Waals surface area contributed by atoms with Gasteiger partial charge in [0, 0.05) is 18.6 Å². The van der Waals surface area contributed by atoms with Crippen LogP contribution in [0.2, 0.25) is 5.02 Å². The van der Waals surface area contributed by atoms with Crippen LogP contribution in [0.4, 0.5) is 13.2 Å². The van der Waals surface area contributed by atoms with Gasteiger partial charge in [0.05, 0.1) is 17.3 Å². The maximum absolute atomic E-state index is 12.4. The molecule has 6 nitrogen and oxygen atoms in total. The highest BCUT2D eigenvalue weighted by atomic mass is 35.5. The van der Waals surface area contributed by atoms with Crippen LogP contribution in [0.1, 0.15) is 11.4 Å². The van der Waals surface area contributed by atoms with E-state index in [1.54, 1.807) is 28.9 Å². The summed E-state index contributed by atoms with van der Waals surface area (Å²) in [7, 11) is 0. The Balaban J connectivity index is 1.59. The summed E-state index contributed by atoms with van der Waals surface area (Å²) in [5, 5.41) is 6.45. The zero-order valence-corrected chi connectivity index (χ0v) is 12.8. The van der Waals surface area contributed by atoms with E-state index in [0.717, 1.165) is 16.9 Å². The molecule has 3 aromatic heterocycles. The Labute approximate surface area is 138 Å². The molecule has 0 aromatic carbocycles. The maximum Gasteiger partial charge on any atom is 0.435 e. The topological polar surface area (TPSA) is 64.2 Å². The molecule has 0 radical (unpaired) electrons. The van der Waals surface area contributed by atoms with E-state index < -0.39 is 17.8 Å². The van der Waals surface area contributed by atoms with Gasteiger partial charge in [-0.2, -0.15) is 18.3 Å². The standard InChI is InChI=1S/C14H11ClF3N5O/c15-9-1-2-12-20-10(7-22(12)6-9)5-19-13(24)8-23-4-3-11(21-23)14(16,17)18/h1-4,6-7H,5,8H2,(H,19,24). The lowest BCUT2D eigenvalue weighted by atomic mass is 10.4. The molecule has 0 spiro atoms. The number of alkyl halides is 3. The molecule has 0 aliphatic heterocycles. The minimum atomic E-state index is -4.53. The van der Waals surface area contributed by atoms with Crippen LogP contribution in [0.15, 0.2) is 36.8 Å². The van der Waals surface area contributed by atoms with Crippen molar-refractivity contribution in [2.24, 2.45) is 0 Å². The van der Waals surface area contributed by atoms with Crippen molar-refractivity contribution in [1.29, 1.82) is 0 Å². The lowest BCUT2D eigenvalue weighted by Gasteiger charge is -2.04. The Morgan fingerprint density at radius 2 is 2.04 bits per heavy atom. The van der Waals surface area contributed by atoms with Gasteiger partial charge < -0.3 is 9.72 Å². The summed E-state index contributed by atoms with van der Waals surface area (Å²) in [5.74, 6) is -0.470. The SMILES string of the molecule is O=C(Cn1ccc(C(F)(F)F)n1)NCc1cn2cc(Cl)ccc2n1. The number of hydrogen-bond acceptors (Lipinski definition) is 3. The number of amides is 1. The average Bonchev–Trinajstić information content (AvgIpc) is 3.10. The summed E-state index contributed by atoms with van der Waals surface area (Å²) in [4.78, 5) is 16.1. The minimum Gasteiger partial charge on any atom is -0.349 e.